The van der Waals surface area contributed by atoms with E-state index >= 15 is 0 Å². The van der Waals surface area contributed by atoms with E-state index in [1.807, 2.05) is 0 Å². The summed E-state index contributed by atoms with van der Waals surface area (Å²) in [5.41, 5.74) is 4.17. The number of nitrogens with two attached hydrogens (primary N) is 1. The van der Waals surface area contributed by atoms with Crippen molar-refractivity contribution >= 4 is 6.41 Å². The van der Waals surface area contributed by atoms with Crippen molar-refractivity contribution in [2.24, 2.45) is 5.73 Å². The van der Waals surface area contributed by atoms with Crippen LogP contribution in [-0.2, 0) is 43.8 Å². The fraction of sp³-hybridized carbons (Fsp3) is 0. The summed E-state index contributed by atoms with van der Waals surface area (Å²) in [7, 11) is 0. The summed E-state index contributed by atoms with van der Waals surface area (Å²) < 4.78 is 0. The minimum absolute atomic E-state index is 0. The Morgan fingerprint density at radius 1 is 1.40 bits per heavy atom. The summed E-state index contributed by atoms with van der Waals surface area (Å²) in [6.45, 7) is 0. The van der Waals surface area contributed by atoms with Crippen LogP contribution < -0.4 is 5.73 Å². The van der Waals surface area contributed by atoms with Gasteiger partial charge in [0.2, 0.25) is 6.41 Å². The molecule has 2 radical (unpaired) electrons. The summed E-state index contributed by atoms with van der Waals surface area (Å²) in [6, 6.07) is 0. The Hall–Kier alpha value is 0.717. The van der Waals surface area contributed by atoms with Gasteiger partial charge in [-0.3, -0.25) is 4.79 Å². The molecule has 0 saturated heterocycles. The van der Waals surface area contributed by atoms with Crippen LogP contribution in [0.4, 0.5) is 0 Å². The fourth-order valence-electron chi connectivity index (χ4n) is 0. The SMILES string of the molecule is NC=O.[Rh+2].[Rh+2]. The molecule has 0 aliphatic carbocycles. The minimum atomic E-state index is 0. The number of hydrogen-bond donors (Lipinski definition) is 1. The second-order valence-corrected chi connectivity index (χ2v) is 0.136. The van der Waals surface area contributed by atoms with E-state index in [9.17, 15) is 0 Å². The van der Waals surface area contributed by atoms with Gasteiger partial charge in [-0.1, -0.05) is 0 Å². The van der Waals surface area contributed by atoms with Crippen LogP contribution in [0.3, 0.4) is 0 Å². The van der Waals surface area contributed by atoms with E-state index in [2.05, 4.69) is 5.73 Å². The summed E-state index contributed by atoms with van der Waals surface area (Å²) in [4.78, 5) is 8.58. The van der Waals surface area contributed by atoms with Crippen LogP contribution in [0.2, 0.25) is 0 Å². The molecule has 0 atom stereocenters. The molecule has 1 amide bonds. The quantitative estimate of drug-likeness (QED) is 0.440. The molecule has 0 unspecified atom stereocenters. The first-order valence-corrected chi connectivity index (χ1v) is 0.569. The van der Waals surface area contributed by atoms with Gasteiger partial charge in [-0.2, -0.15) is 0 Å². The van der Waals surface area contributed by atoms with E-state index in [0.717, 1.165) is 0 Å². The molecular weight excluding hydrogens is 248 g/mol. The largest absolute Gasteiger partial charge is 2.00 e. The fourth-order valence-corrected chi connectivity index (χ4v) is 0. The first-order chi connectivity index (χ1) is 1.41. The third-order valence-electron chi connectivity index (χ3n) is 0. The zero-order valence-corrected chi connectivity index (χ0v) is 5.51. The van der Waals surface area contributed by atoms with E-state index in [1.165, 1.54) is 0 Å². The predicted octanol–water partition coefficient (Wildman–Crippen LogP) is -0.903. The molecule has 5 heavy (non-hydrogen) atoms. The van der Waals surface area contributed by atoms with Crippen molar-refractivity contribution < 1.29 is 43.8 Å². The Bertz CT molecular complexity index is 17.1. The normalized spacial score (nSPS) is 2.40. The molecule has 0 saturated carbocycles. The number of carbonyl (C=O) groups excluding carboxylic acids is 1. The molecule has 0 aromatic carbocycles. The Balaban J connectivity index is -0.0000000200. The molecule has 0 bridgehead atoms. The van der Waals surface area contributed by atoms with Crippen LogP contribution in [0.15, 0.2) is 0 Å². The summed E-state index contributed by atoms with van der Waals surface area (Å²) in [5, 5.41) is 0. The van der Waals surface area contributed by atoms with Crippen molar-refractivity contribution in [1.29, 1.82) is 0 Å². The molecule has 0 heterocycles. The second-order valence-electron chi connectivity index (χ2n) is 0.136. The summed E-state index contributed by atoms with van der Waals surface area (Å²) >= 11 is 0. The Kier molecular flexibility index (Phi) is 76.2. The Labute approximate surface area is 56.0 Å². The van der Waals surface area contributed by atoms with Crippen molar-refractivity contribution in [3.63, 3.8) is 0 Å². The maximum Gasteiger partial charge on any atom is 2.00 e. The number of rotatable bonds is 0. The molecule has 0 aromatic rings. The third-order valence-corrected chi connectivity index (χ3v) is 0. The molecule has 4 heteroatoms. The van der Waals surface area contributed by atoms with E-state index in [4.69, 9.17) is 4.79 Å². The van der Waals surface area contributed by atoms with Gasteiger partial charge < -0.3 is 5.73 Å². The molecule has 0 aliphatic heterocycles. The Morgan fingerprint density at radius 2 is 1.40 bits per heavy atom. The van der Waals surface area contributed by atoms with Gasteiger partial charge in [-0.05, 0) is 0 Å². The second kappa shape index (κ2) is 22.1. The monoisotopic (exact) mass is 251 g/mol. The van der Waals surface area contributed by atoms with Crippen LogP contribution in [0.1, 0.15) is 0 Å². The van der Waals surface area contributed by atoms with Crippen molar-refractivity contribution in [1.82, 2.24) is 0 Å². The number of hydrogen-bond acceptors (Lipinski definition) is 1. The van der Waals surface area contributed by atoms with Crippen LogP contribution in [0, 0.1) is 0 Å². The number of amides is 1. The van der Waals surface area contributed by atoms with E-state index in [1.54, 1.807) is 0 Å². The zero-order valence-electron chi connectivity index (χ0n) is 2.23. The average Bonchev–Trinajstić information content (AvgIpc) is 0.918. The van der Waals surface area contributed by atoms with Gasteiger partial charge >= 0.3 is 39.0 Å². The van der Waals surface area contributed by atoms with Gasteiger partial charge in [-0.25, -0.2) is 0 Å². The third kappa shape index (κ3) is 67.8. The molecule has 2 N–H and O–H groups in total. The molecule has 0 aromatic heterocycles. The molecule has 0 rings (SSSR count). The van der Waals surface area contributed by atoms with E-state index in [0.29, 0.717) is 0 Å². The van der Waals surface area contributed by atoms with Crippen molar-refractivity contribution in [2.45, 2.75) is 0 Å². The first-order valence-electron chi connectivity index (χ1n) is 0.569. The minimum Gasteiger partial charge on any atom is -0.372 e. The van der Waals surface area contributed by atoms with Crippen LogP contribution >= 0.6 is 0 Å². The zero-order chi connectivity index (χ0) is 2.71. The van der Waals surface area contributed by atoms with Crippen LogP contribution in [0.25, 0.3) is 0 Å². The molecule has 0 fully saturated rings. The van der Waals surface area contributed by atoms with Crippen LogP contribution in [-0.4, -0.2) is 6.41 Å². The molecule has 0 spiro atoms. The maximum atomic E-state index is 8.58. The van der Waals surface area contributed by atoms with Gasteiger partial charge in [-0.15, -0.1) is 0 Å². The van der Waals surface area contributed by atoms with Gasteiger partial charge in [0.05, 0.1) is 0 Å². The molecule has 2 nitrogen and oxygen atoms in total. The number of carbonyl (C=O) groups is 1. The van der Waals surface area contributed by atoms with Gasteiger partial charge in [0.15, 0.2) is 0 Å². The van der Waals surface area contributed by atoms with Gasteiger partial charge in [0, 0.05) is 0 Å². The first kappa shape index (κ1) is 17.2. The number of primary amides is 1. The van der Waals surface area contributed by atoms with Crippen molar-refractivity contribution in [3.05, 3.63) is 0 Å². The topological polar surface area (TPSA) is 43.1 Å². The van der Waals surface area contributed by atoms with Crippen molar-refractivity contribution in [2.75, 3.05) is 0 Å². The Morgan fingerprint density at radius 3 is 1.40 bits per heavy atom. The predicted molar refractivity (Wildman–Crippen MR) is 10.3 cm³/mol. The standard InChI is InChI=1S/CH3NO.2Rh/c2-1-3;;/h1H,(H2,2,3);;/q;2*+2. The maximum absolute atomic E-state index is 8.58. The molecule has 32 valence electrons. The molecule has 0 aliphatic rings. The van der Waals surface area contributed by atoms with Crippen LogP contribution in [0.5, 0.6) is 0 Å². The summed E-state index contributed by atoms with van der Waals surface area (Å²) in [5.74, 6) is 0. The smallest absolute Gasteiger partial charge is 0.372 e. The molecular formula is CH3NORh2+4. The average molecular weight is 251 g/mol. The van der Waals surface area contributed by atoms with Gasteiger partial charge in [0.25, 0.3) is 0 Å². The van der Waals surface area contributed by atoms with E-state index in [-0.39, 0.29) is 45.4 Å². The van der Waals surface area contributed by atoms with Crippen molar-refractivity contribution in [3.8, 4) is 0 Å². The summed E-state index contributed by atoms with van der Waals surface area (Å²) in [6.07, 6.45) is 0.250. The van der Waals surface area contributed by atoms with E-state index < -0.39 is 0 Å². The van der Waals surface area contributed by atoms with Gasteiger partial charge in [0.1, 0.15) is 0 Å².